The molecule has 0 saturated carbocycles. The molecule has 20 heavy (non-hydrogen) atoms. The molecule has 0 atom stereocenters. The quantitative estimate of drug-likeness (QED) is 0.585. The lowest BCUT2D eigenvalue weighted by Crippen LogP contribution is -2.39. The molecule has 0 amide bonds. The van der Waals surface area contributed by atoms with Crippen molar-refractivity contribution >= 4 is 0 Å². The summed E-state index contributed by atoms with van der Waals surface area (Å²) in [6.45, 7) is 25.9. The van der Waals surface area contributed by atoms with Crippen molar-refractivity contribution in [2.45, 2.75) is 88.5 Å². The van der Waals surface area contributed by atoms with Crippen LogP contribution >= 0.6 is 0 Å². The molecule has 0 unspecified atom stereocenters. The van der Waals surface area contributed by atoms with Crippen molar-refractivity contribution < 1.29 is 0 Å². The van der Waals surface area contributed by atoms with Gasteiger partial charge in [0.25, 0.3) is 0 Å². The van der Waals surface area contributed by atoms with Crippen LogP contribution in [0.1, 0.15) is 88.5 Å². The van der Waals surface area contributed by atoms with Crippen LogP contribution in [0.15, 0.2) is 0 Å². The van der Waals surface area contributed by atoms with E-state index in [1.165, 1.54) is 19.3 Å². The van der Waals surface area contributed by atoms with Gasteiger partial charge in [-0.3, -0.25) is 0 Å². The van der Waals surface area contributed by atoms with Crippen LogP contribution in [0.3, 0.4) is 0 Å². The van der Waals surface area contributed by atoms with Crippen LogP contribution in [0.25, 0.3) is 0 Å². The van der Waals surface area contributed by atoms with Gasteiger partial charge in [-0.15, -0.1) is 0 Å². The molecule has 0 heterocycles. The van der Waals surface area contributed by atoms with Crippen molar-refractivity contribution in [2.24, 2.45) is 21.7 Å². The van der Waals surface area contributed by atoms with Crippen LogP contribution in [-0.2, 0) is 0 Å². The molecule has 0 aromatic carbocycles. The summed E-state index contributed by atoms with van der Waals surface area (Å²) >= 11 is 0. The Balaban J connectivity index is 4.28. The first-order valence-corrected chi connectivity index (χ1v) is 8.39. The van der Waals surface area contributed by atoms with Gasteiger partial charge in [0.15, 0.2) is 0 Å². The molecule has 0 aliphatic heterocycles. The largest absolute Gasteiger partial charge is 0.316 e. The Morgan fingerprint density at radius 2 is 1.00 bits per heavy atom. The highest BCUT2D eigenvalue weighted by atomic mass is 14.9. The minimum Gasteiger partial charge on any atom is -0.316 e. The van der Waals surface area contributed by atoms with Crippen molar-refractivity contribution in [2.75, 3.05) is 13.1 Å². The molecular formula is C19H41N. The van der Waals surface area contributed by atoms with Gasteiger partial charge in [0.1, 0.15) is 0 Å². The smallest absolute Gasteiger partial charge is 0.000295 e. The van der Waals surface area contributed by atoms with E-state index in [2.05, 4.69) is 74.6 Å². The number of hydrogen-bond donors (Lipinski definition) is 1. The third-order valence-corrected chi connectivity index (χ3v) is 4.13. The van der Waals surface area contributed by atoms with Crippen LogP contribution in [0.2, 0.25) is 0 Å². The normalized spacial score (nSPS) is 14.7. The fourth-order valence-electron chi connectivity index (χ4n) is 3.72. The van der Waals surface area contributed by atoms with E-state index in [9.17, 15) is 0 Å². The second-order valence-electron chi connectivity index (χ2n) is 10.4. The molecule has 0 radical (unpaired) electrons. The van der Waals surface area contributed by atoms with Gasteiger partial charge < -0.3 is 5.32 Å². The third-order valence-electron chi connectivity index (χ3n) is 4.13. The van der Waals surface area contributed by atoms with Crippen LogP contribution in [0.4, 0.5) is 0 Å². The van der Waals surface area contributed by atoms with Gasteiger partial charge >= 0.3 is 0 Å². The van der Waals surface area contributed by atoms with Gasteiger partial charge in [-0.2, -0.15) is 0 Å². The summed E-state index contributed by atoms with van der Waals surface area (Å²) in [7, 11) is 0. The Morgan fingerprint density at radius 1 is 0.600 bits per heavy atom. The Bertz CT molecular complexity index is 279. The maximum atomic E-state index is 3.74. The first-order chi connectivity index (χ1) is 8.68. The topological polar surface area (TPSA) is 12.0 Å². The van der Waals surface area contributed by atoms with E-state index in [4.69, 9.17) is 0 Å². The summed E-state index contributed by atoms with van der Waals surface area (Å²) < 4.78 is 0. The zero-order chi connectivity index (χ0) is 16.2. The predicted octanol–water partition coefficient (Wildman–Crippen LogP) is 5.89. The monoisotopic (exact) mass is 283 g/mol. The van der Waals surface area contributed by atoms with Crippen molar-refractivity contribution in [1.29, 1.82) is 0 Å². The Labute approximate surface area is 129 Å². The molecule has 122 valence electrons. The SMILES string of the molecule is CCC(C)(C)CC(C)(C)CNCC(C)(C)CC(C)(C)C. The van der Waals surface area contributed by atoms with E-state index in [-0.39, 0.29) is 0 Å². The first kappa shape index (κ1) is 20.0. The molecule has 0 fully saturated rings. The van der Waals surface area contributed by atoms with Gasteiger partial charge in [0.05, 0.1) is 0 Å². The first-order valence-electron chi connectivity index (χ1n) is 8.39. The van der Waals surface area contributed by atoms with Gasteiger partial charge in [-0.05, 0) is 34.5 Å². The van der Waals surface area contributed by atoms with Crippen molar-refractivity contribution in [1.82, 2.24) is 5.32 Å². The van der Waals surface area contributed by atoms with Crippen LogP contribution in [0, 0.1) is 21.7 Å². The van der Waals surface area contributed by atoms with E-state index in [0.29, 0.717) is 21.7 Å². The molecule has 0 aromatic heterocycles. The van der Waals surface area contributed by atoms with Crippen LogP contribution in [0.5, 0.6) is 0 Å². The molecule has 0 aliphatic carbocycles. The molecule has 1 heteroatoms. The average molecular weight is 284 g/mol. The molecule has 0 bridgehead atoms. The third kappa shape index (κ3) is 9.80. The lowest BCUT2D eigenvalue weighted by molar-refractivity contribution is 0.164. The summed E-state index contributed by atoms with van der Waals surface area (Å²) in [5, 5.41) is 3.74. The fourth-order valence-corrected chi connectivity index (χ4v) is 3.72. The van der Waals surface area contributed by atoms with Gasteiger partial charge in [0, 0.05) is 13.1 Å². The lowest BCUT2D eigenvalue weighted by Gasteiger charge is -2.37. The standard InChI is InChI=1S/C19H41N/c1-11-17(5,6)13-19(9,10)15-20-14-18(7,8)12-16(2,3)4/h20H,11-15H2,1-10H3. The highest BCUT2D eigenvalue weighted by molar-refractivity contribution is 4.83. The lowest BCUT2D eigenvalue weighted by atomic mass is 9.73. The summed E-state index contributed by atoms with van der Waals surface area (Å²) in [4.78, 5) is 0. The summed E-state index contributed by atoms with van der Waals surface area (Å²) in [5.74, 6) is 0. The minimum atomic E-state index is 0.370. The molecule has 0 saturated heterocycles. The number of hydrogen-bond acceptors (Lipinski definition) is 1. The second kappa shape index (κ2) is 6.81. The van der Waals surface area contributed by atoms with Crippen molar-refractivity contribution in [3.8, 4) is 0 Å². The molecular weight excluding hydrogens is 242 g/mol. The van der Waals surface area contributed by atoms with E-state index >= 15 is 0 Å². The molecule has 0 aromatic rings. The van der Waals surface area contributed by atoms with E-state index in [1.807, 2.05) is 0 Å². The highest BCUT2D eigenvalue weighted by Crippen LogP contribution is 2.36. The Kier molecular flexibility index (Phi) is 6.80. The van der Waals surface area contributed by atoms with E-state index < -0.39 is 0 Å². The van der Waals surface area contributed by atoms with E-state index in [1.54, 1.807) is 0 Å². The number of nitrogens with one attached hydrogen (secondary N) is 1. The molecule has 0 spiro atoms. The molecule has 0 rings (SSSR count). The molecule has 0 aliphatic rings. The second-order valence-corrected chi connectivity index (χ2v) is 10.4. The molecule has 1 N–H and O–H groups in total. The molecule has 1 nitrogen and oxygen atoms in total. The van der Waals surface area contributed by atoms with Crippen molar-refractivity contribution in [3.63, 3.8) is 0 Å². The summed E-state index contributed by atoms with van der Waals surface area (Å²) in [6, 6.07) is 0. The van der Waals surface area contributed by atoms with Crippen molar-refractivity contribution in [3.05, 3.63) is 0 Å². The maximum absolute atomic E-state index is 3.74. The van der Waals surface area contributed by atoms with Crippen LogP contribution in [-0.4, -0.2) is 13.1 Å². The summed E-state index contributed by atoms with van der Waals surface area (Å²) in [6.07, 6.45) is 3.79. The van der Waals surface area contributed by atoms with Gasteiger partial charge in [-0.25, -0.2) is 0 Å². The zero-order valence-corrected chi connectivity index (χ0v) is 16.0. The Morgan fingerprint density at radius 3 is 1.35 bits per heavy atom. The zero-order valence-electron chi connectivity index (χ0n) is 16.0. The predicted molar refractivity (Wildman–Crippen MR) is 93.2 cm³/mol. The fraction of sp³-hybridized carbons (Fsp3) is 1.00. The van der Waals surface area contributed by atoms with Gasteiger partial charge in [-0.1, -0.05) is 75.7 Å². The average Bonchev–Trinajstić information content (AvgIpc) is 2.10. The number of rotatable bonds is 8. The van der Waals surface area contributed by atoms with Gasteiger partial charge in [0.2, 0.25) is 0 Å². The Hall–Kier alpha value is -0.0400. The van der Waals surface area contributed by atoms with Crippen LogP contribution < -0.4 is 5.32 Å². The van der Waals surface area contributed by atoms with E-state index in [0.717, 1.165) is 13.1 Å². The summed E-state index contributed by atoms with van der Waals surface area (Å²) in [5.41, 5.74) is 1.60. The highest BCUT2D eigenvalue weighted by Gasteiger charge is 2.29. The maximum Gasteiger partial charge on any atom is 0.000295 e. The minimum absolute atomic E-state index is 0.370.